The summed E-state index contributed by atoms with van der Waals surface area (Å²) in [7, 11) is 0. The van der Waals surface area contributed by atoms with Crippen molar-refractivity contribution in [1.29, 1.82) is 0 Å². The third-order valence-electron chi connectivity index (χ3n) is 4.60. The Morgan fingerprint density at radius 1 is 1.13 bits per heavy atom. The first kappa shape index (κ1) is 20.2. The molecule has 10 heteroatoms. The number of hydrogen-bond donors (Lipinski definition) is 3. The first-order valence-corrected chi connectivity index (χ1v) is 10.9. The number of rotatable bonds is 6. The number of nitrogens with zero attached hydrogens (tertiary/aromatic N) is 2. The van der Waals surface area contributed by atoms with Gasteiger partial charge in [0.1, 0.15) is 0 Å². The van der Waals surface area contributed by atoms with E-state index in [1.54, 1.807) is 30.3 Å². The maximum Gasteiger partial charge on any atom is 0.267 e. The molecule has 0 bridgehead atoms. The van der Waals surface area contributed by atoms with E-state index in [1.165, 1.54) is 22.7 Å². The van der Waals surface area contributed by atoms with E-state index in [2.05, 4.69) is 15.6 Å². The summed E-state index contributed by atoms with van der Waals surface area (Å²) in [6.07, 6.45) is 0.724. The number of amides is 3. The fourth-order valence-electron chi connectivity index (χ4n) is 3.12. The number of thiophene rings is 1. The van der Waals surface area contributed by atoms with Gasteiger partial charge in [0, 0.05) is 35.6 Å². The van der Waals surface area contributed by atoms with E-state index in [9.17, 15) is 14.4 Å². The van der Waals surface area contributed by atoms with E-state index in [0.29, 0.717) is 34.3 Å². The van der Waals surface area contributed by atoms with E-state index >= 15 is 0 Å². The Morgan fingerprint density at radius 3 is 2.63 bits per heavy atom. The summed E-state index contributed by atoms with van der Waals surface area (Å²) in [4.78, 5) is 44.0. The van der Waals surface area contributed by atoms with Gasteiger partial charge in [-0.3, -0.25) is 24.6 Å². The van der Waals surface area contributed by atoms with Crippen LogP contribution in [0.5, 0.6) is 0 Å². The van der Waals surface area contributed by atoms with Crippen molar-refractivity contribution in [2.45, 2.75) is 13.0 Å². The van der Waals surface area contributed by atoms with Crippen LogP contribution in [0.25, 0.3) is 0 Å². The van der Waals surface area contributed by atoms with Crippen LogP contribution in [0.3, 0.4) is 0 Å². The van der Waals surface area contributed by atoms with Crippen molar-refractivity contribution >= 4 is 51.2 Å². The second kappa shape index (κ2) is 8.74. The molecule has 0 spiro atoms. The molecule has 4 N–H and O–H groups in total. The van der Waals surface area contributed by atoms with Crippen LogP contribution >= 0.6 is 22.7 Å². The van der Waals surface area contributed by atoms with Gasteiger partial charge in [0.25, 0.3) is 5.91 Å². The zero-order chi connectivity index (χ0) is 21.1. The van der Waals surface area contributed by atoms with Crippen molar-refractivity contribution in [3.05, 3.63) is 62.8 Å². The fraction of sp³-hybridized carbons (Fsp3) is 0.200. The Bertz CT molecular complexity index is 1080. The van der Waals surface area contributed by atoms with E-state index in [1.807, 2.05) is 16.3 Å². The molecule has 1 aromatic carbocycles. The maximum atomic E-state index is 12.4. The Labute approximate surface area is 180 Å². The molecule has 0 saturated carbocycles. The summed E-state index contributed by atoms with van der Waals surface area (Å²) in [6.45, 7) is 1.56. The third kappa shape index (κ3) is 4.73. The predicted molar refractivity (Wildman–Crippen MR) is 117 cm³/mol. The molecule has 1 aliphatic rings. The average molecular weight is 442 g/mol. The van der Waals surface area contributed by atoms with Crippen molar-refractivity contribution in [3.63, 3.8) is 0 Å². The third-order valence-corrected chi connectivity index (χ3v) is 6.46. The van der Waals surface area contributed by atoms with Gasteiger partial charge < -0.3 is 11.1 Å². The minimum atomic E-state index is -0.507. The topological polar surface area (TPSA) is 117 Å². The van der Waals surface area contributed by atoms with E-state index in [0.717, 1.165) is 17.0 Å². The minimum absolute atomic E-state index is 0.138. The molecule has 1 aliphatic heterocycles. The summed E-state index contributed by atoms with van der Waals surface area (Å²) >= 11 is 2.83. The zero-order valence-electron chi connectivity index (χ0n) is 15.9. The van der Waals surface area contributed by atoms with Crippen LogP contribution in [-0.4, -0.2) is 40.7 Å². The Balaban J connectivity index is 1.32. The average Bonchev–Trinajstić information content (AvgIpc) is 3.37. The number of anilines is 2. The number of benzene rings is 1. The van der Waals surface area contributed by atoms with E-state index < -0.39 is 5.91 Å². The lowest BCUT2D eigenvalue weighted by molar-refractivity contribution is -0.117. The van der Waals surface area contributed by atoms with Gasteiger partial charge >= 0.3 is 0 Å². The zero-order valence-corrected chi connectivity index (χ0v) is 17.5. The molecule has 0 aliphatic carbocycles. The van der Waals surface area contributed by atoms with Crippen molar-refractivity contribution in [1.82, 2.24) is 9.88 Å². The lowest BCUT2D eigenvalue weighted by Gasteiger charge is -2.25. The van der Waals surface area contributed by atoms with Gasteiger partial charge in [-0.1, -0.05) is 6.07 Å². The van der Waals surface area contributed by atoms with Gasteiger partial charge in [0.05, 0.1) is 17.1 Å². The van der Waals surface area contributed by atoms with Crippen molar-refractivity contribution < 1.29 is 14.4 Å². The van der Waals surface area contributed by atoms with Crippen LogP contribution in [0.15, 0.2) is 41.8 Å². The summed E-state index contributed by atoms with van der Waals surface area (Å²) in [5.41, 5.74) is 7.20. The van der Waals surface area contributed by atoms with Crippen molar-refractivity contribution in [2.24, 2.45) is 5.73 Å². The summed E-state index contributed by atoms with van der Waals surface area (Å²) in [5, 5.41) is 8.12. The smallest absolute Gasteiger partial charge is 0.267 e. The van der Waals surface area contributed by atoms with E-state index in [4.69, 9.17) is 5.73 Å². The molecule has 154 valence electrons. The first-order chi connectivity index (χ1) is 14.5. The molecule has 3 aromatic rings. The molecular weight excluding hydrogens is 422 g/mol. The number of fused-ring (bicyclic) bond motifs is 1. The summed E-state index contributed by atoms with van der Waals surface area (Å²) in [5.74, 6) is -0.803. The van der Waals surface area contributed by atoms with Gasteiger partial charge in [-0.25, -0.2) is 4.98 Å². The van der Waals surface area contributed by atoms with Crippen molar-refractivity contribution in [2.75, 3.05) is 23.7 Å². The molecule has 30 heavy (non-hydrogen) atoms. The Morgan fingerprint density at radius 2 is 1.93 bits per heavy atom. The van der Waals surface area contributed by atoms with Crippen LogP contribution < -0.4 is 16.4 Å². The first-order valence-electron chi connectivity index (χ1n) is 9.23. The van der Waals surface area contributed by atoms with Gasteiger partial charge in [-0.2, -0.15) is 0 Å². The Kier molecular flexibility index (Phi) is 5.88. The Hall–Kier alpha value is -3.08. The molecule has 0 atom stereocenters. The number of carbonyl (C=O) groups excluding carboxylic acids is 3. The molecule has 3 amide bonds. The second-order valence-corrected chi connectivity index (χ2v) is 8.80. The van der Waals surface area contributed by atoms with Gasteiger partial charge in [0.15, 0.2) is 5.13 Å². The normalized spacial score (nSPS) is 13.5. The second-order valence-electron chi connectivity index (χ2n) is 6.77. The number of carbonyl (C=O) groups is 3. The molecule has 0 radical (unpaired) electrons. The predicted octanol–water partition coefficient (Wildman–Crippen LogP) is 2.55. The lowest BCUT2D eigenvalue weighted by atomic mass is 10.2. The molecule has 8 nitrogen and oxygen atoms in total. The van der Waals surface area contributed by atoms with Gasteiger partial charge in [0.2, 0.25) is 11.8 Å². The summed E-state index contributed by atoms with van der Waals surface area (Å²) < 4.78 is 0. The lowest BCUT2D eigenvalue weighted by Crippen LogP contribution is -2.36. The molecule has 0 unspecified atom stereocenters. The van der Waals surface area contributed by atoms with Crippen molar-refractivity contribution in [3.8, 4) is 0 Å². The summed E-state index contributed by atoms with van der Waals surface area (Å²) in [6, 6.07) is 10.1. The van der Waals surface area contributed by atoms with Gasteiger partial charge in [-0.05, 0) is 35.7 Å². The molecule has 0 fully saturated rings. The van der Waals surface area contributed by atoms with Crippen LogP contribution in [0.2, 0.25) is 0 Å². The number of nitrogens with two attached hydrogens (primary N) is 1. The van der Waals surface area contributed by atoms with Crippen LogP contribution in [0.4, 0.5) is 10.8 Å². The largest absolute Gasteiger partial charge is 0.366 e. The number of thiazole rings is 1. The highest BCUT2D eigenvalue weighted by Crippen LogP contribution is 2.28. The maximum absolute atomic E-state index is 12.4. The molecule has 2 aromatic heterocycles. The SMILES string of the molecule is NC(=O)c1ccc(NC(=O)CN2CCc3nc(NC(=O)c4cccs4)sc3C2)cc1. The number of nitrogens with one attached hydrogen (secondary N) is 2. The van der Waals surface area contributed by atoms with Crippen LogP contribution in [0.1, 0.15) is 30.6 Å². The monoisotopic (exact) mass is 441 g/mol. The van der Waals surface area contributed by atoms with Crippen LogP contribution in [0, 0.1) is 0 Å². The highest BCUT2D eigenvalue weighted by atomic mass is 32.1. The highest BCUT2D eigenvalue weighted by molar-refractivity contribution is 7.16. The molecule has 4 rings (SSSR count). The number of primary amides is 1. The van der Waals surface area contributed by atoms with Gasteiger partial charge in [-0.15, -0.1) is 22.7 Å². The number of hydrogen-bond acceptors (Lipinski definition) is 7. The molecule has 3 heterocycles. The quantitative estimate of drug-likeness (QED) is 0.543. The molecular formula is C20H19N5O3S2. The van der Waals surface area contributed by atoms with Crippen LogP contribution in [-0.2, 0) is 17.8 Å². The molecule has 0 saturated heterocycles. The fourth-order valence-corrected chi connectivity index (χ4v) is 4.79. The van der Waals surface area contributed by atoms with E-state index in [-0.39, 0.29) is 18.4 Å². The number of aromatic nitrogens is 1. The highest BCUT2D eigenvalue weighted by Gasteiger charge is 2.23. The standard InChI is InChI=1S/C20H19N5O3S2/c21-18(27)12-3-5-13(6-4-12)22-17(26)11-25-8-7-14-16(10-25)30-20(23-14)24-19(28)15-2-1-9-29-15/h1-6,9H,7-8,10-11H2,(H2,21,27)(H,22,26)(H,23,24,28). The minimum Gasteiger partial charge on any atom is -0.366 e.